The van der Waals surface area contributed by atoms with E-state index in [1.807, 2.05) is 23.7 Å². The van der Waals surface area contributed by atoms with Crippen LogP contribution in [0.2, 0.25) is 0 Å². The molecule has 9 heteroatoms. The first-order valence-corrected chi connectivity index (χ1v) is 12.4. The third-order valence-electron chi connectivity index (χ3n) is 6.47. The Morgan fingerprint density at radius 2 is 1.86 bits per heavy atom. The van der Waals surface area contributed by atoms with Crippen LogP contribution in [-0.4, -0.2) is 57.0 Å². The minimum absolute atomic E-state index is 0.197. The number of carbonyl (C=O) groups is 1. The monoisotopic (exact) mass is 482 g/mol. The van der Waals surface area contributed by atoms with Crippen molar-refractivity contribution in [1.82, 2.24) is 19.9 Å². The lowest BCUT2D eigenvalue weighted by Crippen LogP contribution is -2.34. The van der Waals surface area contributed by atoms with Gasteiger partial charge in [-0.05, 0) is 62.4 Å². The van der Waals surface area contributed by atoms with E-state index in [9.17, 15) is 4.79 Å². The van der Waals surface area contributed by atoms with Gasteiger partial charge in [-0.3, -0.25) is 4.90 Å². The number of hydrogen-bond donors (Lipinski definition) is 1. The summed E-state index contributed by atoms with van der Waals surface area (Å²) in [6.07, 6.45) is 2.71. The topological polar surface area (TPSA) is 98.9 Å². The van der Waals surface area contributed by atoms with E-state index >= 15 is 0 Å². The summed E-state index contributed by atoms with van der Waals surface area (Å²) < 4.78 is 18.7. The average molecular weight is 483 g/mol. The van der Waals surface area contributed by atoms with Gasteiger partial charge in [0.2, 0.25) is 0 Å². The third kappa shape index (κ3) is 6.03. The SMILES string of the molecule is CCOc1cc(CN2CCC(n3nnc4cc(OC(=O)O)ccc43)CC2)ccc1OC(CC)CC. The Hall–Kier alpha value is -3.33. The maximum atomic E-state index is 10.8. The van der Waals surface area contributed by atoms with E-state index in [0.717, 1.165) is 62.3 Å². The molecule has 0 unspecified atom stereocenters. The molecule has 1 fully saturated rings. The zero-order valence-corrected chi connectivity index (χ0v) is 20.6. The zero-order chi connectivity index (χ0) is 24.8. The largest absolute Gasteiger partial charge is 0.511 e. The first-order valence-electron chi connectivity index (χ1n) is 12.4. The molecular weight excluding hydrogens is 448 g/mol. The number of aromatic nitrogens is 3. The highest BCUT2D eigenvalue weighted by Crippen LogP contribution is 2.32. The lowest BCUT2D eigenvalue weighted by Gasteiger charge is -2.32. The standard InChI is InChI=1S/C26H34N4O5/c1-4-20(5-2)34-24-10-7-18(15-25(24)33-6-3)17-29-13-11-19(12-14-29)30-23-9-8-21(35-26(31)32)16-22(23)27-28-30/h7-10,15-16,19-20H,4-6,11-14,17H2,1-3H3,(H,31,32). The molecule has 1 aromatic heterocycles. The summed E-state index contributed by atoms with van der Waals surface area (Å²) in [7, 11) is 0. The highest BCUT2D eigenvalue weighted by molar-refractivity contribution is 5.77. The fraction of sp³-hybridized carbons (Fsp3) is 0.500. The van der Waals surface area contributed by atoms with E-state index in [0.29, 0.717) is 12.1 Å². The second kappa shape index (κ2) is 11.4. The first-order chi connectivity index (χ1) is 17.0. The summed E-state index contributed by atoms with van der Waals surface area (Å²) >= 11 is 0. The predicted octanol–water partition coefficient (Wildman–Crippen LogP) is 5.29. The lowest BCUT2D eigenvalue weighted by molar-refractivity contribution is 0.144. The van der Waals surface area contributed by atoms with Crippen LogP contribution in [0.1, 0.15) is 58.1 Å². The van der Waals surface area contributed by atoms with E-state index in [1.54, 1.807) is 12.1 Å². The van der Waals surface area contributed by atoms with Crippen LogP contribution >= 0.6 is 0 Å². The summed E-state index contributed by atoms with van der Waals surface area (Å²) in [6.45, 7) is 9.62. The number of nitrogens with zero attached hydrogens (tertiary/aromatic N) is 4. The summed E-state index contributed by atoms with van der Waals surface area (Å²) in [5.41, 5.74) is 2.72. The van der Waals surface area contributed by atoms with Crippen molar-refractivity contribution in [2.24, 2.45) is 0 Å². The fourth-order valence-electron chi connectivity index (χ4n) is 4.59. The molecule has 0 bridgehead atoms. The van der Waals surface area contributed by atoms with Crippen molar-refractivity contribution < 1.29 is 24.1 Å². The Kier molecular flexibility index (Phi) is 8.07. The van der Waals surface area contributed by atoms with Gasteiger partial charge >= 0.3 is 6.16 Å². The van der Waals surface area contributed by atoms with Gasteiger partial charge in [0.1, 0.15) is 11.3 Å². The third-order valence-corrected chi connectivity index (χ3v) is 6.47. The summed E-state index contributed by atoms with van der Waals surface area (Å²) in [5, 5.41) is 17.4. The molecule has 188 valence electrons. The van der Waals surface area contributed by atoms with Gasteiger partial charge < -0.3 is 19.3 Å². The van der Waals surface area contributed by atoms with Crippen molar-refractivity contribution in [3.05, 3.63) is 42.0 Å². The molecule has 2 heterocycles. The van der Waals surface area contributed by atoms with Crippen molar-refractivity contribution in [3.8, 4) is 17.2 Å². The number of rotatable bonds is 10. The number of hydrogen-bond acceptors (Lipinski definition) is 7. The molecule has 1 saturated heterocycles. The minimum Gasteiger partial charge on any atom is -0.490 e. The number of piperidine rings is 1. The van der Waals surface area contributed by atoms with Gasteiger partial charge in [-0.15, -0.1) is 5.10 Å². The first kappa shape index (κ1) is 24.8. The van der Waals surface area contributed by atoms with Crippen molar-refractivity contribution >= 4 is 17.2 Å². The summed E-state index contributed by atoms with van der Waals surface area (Å²) in [5.74, 6) is 1.87. The van der Waals surface area contributed by atoms with Crippen LogP contribution in [0.15, 0.2) is 36.4 Å². The molecule has 3 aromatic rings. The van der Waals surface area contributed by atoms with Gasteiger partial charge in [-0.25, -0.2) is 9.48 Å². The molecule has 0 saturated carbocycles. The molecule has 2 aromatic carbocycles. The van der Waals surface area contributed by atoms with Crippen LogP contribution in [0.25, 0.3) is 11.0 Å². The highest BCUT2D eigenvalue weighted by atomic mass is 16.7. The molecule has 1 aliphatic heterocycles. The zero-order valence-electron chi connectivity index (χ0n) is 20.6. The van der Waals surface area contributed by atoms with Crippen molar-refractivity contribution in [2.75, 3.05) is 19.7 Å². The van der Waals surface area contributed by atoms with Gasteiger partial charge in [0.05, 0.1) is 24.3 Å². The van der Waals surface area contributed by atoms with Crippen LogP contribution in [-0.2, 0) is 6.54 Å². The maximum Gasteiger partial charge on any atom is 0.511 e. The number of carboxylic acid groups (broad SMARTS) is 1. The molecule has 35 heavy (non-hydrogen) atoms. The Labute approximate surface area is 205 Å². The van der Waals surface area contributed by atoms with Gasteiger partial charge in [-0.2, -0.15) is 0 Å². The van der Waals surface area contributed by atoms with Crippen LogP contribution in [0, 0.1) is 0 Å². The van der Waals surface area contributed by atoms with E-state index in [4.69, 9.17) is 19.3 Å². The lowest BCUT2D eigenvalue weighted by atomic mass is 10.0. The molecule has 0 radical (unpaired) electrons. The van der Waals surface area contributed by atoms with Crippen molar-refractivity contribution in [3.63, 3.8) is 0 Å². The van der Waals surface area contributed by atoms with Gasteiger partial charge in [0, 0.05) is 25.7 Å². The van der Waals surface area contributed by atoms with E-state index in [-0.39, 0.29) is 17.9 Å². The second-order valence-electron chi connectivity index (χ2n) is 8.83. The van der Waals surface area contributed by atoms with Gasteiger partial charge in [0.25, 0.3) is 0 Å². The molecule has 4 rings (SSSR count). The molecule has 1 aliphatic rings. The van der Waals surface area contributed by atoms with Crippen molar-refractivity contribution in [2.45, 2.75) is 65.1 Å². The summed E-state index contributed by atoms with van der Waals surface area (Å²) in [6, 6.07) is 11.6. The number of fused-ring (bicyclic) bond motifs is 1. The van der Waals surface area contributed by atoms with Gasteiger partial charge in [0.15, 0.2) is 11.5 Å². The van der Waals surface area contributed by atoms with Crippen molar-refractivity contribution in [1.29, 1.82) is 0 Å². The molecule has 0 spiro atoms. The maximum absolute atomic E-state index is 10.8. The second-order valence-corrected chi connectivity index (χ2v) is 8.83. The highest BCUT2D eigenvalue weighted by Gasteiger charge is 2.24. The predicted molar refractivity (Wildman–Crippen MR) is 132 cm³/mol. The minimum atomic E-state index is -1.34. The van der Waals surface area contributed by atoms with E-state index in [2.05, 4.69) is 41.2 Å². The molecular formula is C26H34N4O5. The normalized spacial score (nSPS) is 15.0. The molecule has 0 atom stereocenters. The van der Waals surface area contributed by atoms with E-state index in [1.165, 1.54) is 5.56 Å². The Morgan fingerprint density at radius 3 is 2.54 bits per heavy atom. The number of benzene rings is 2. The average Bonchev–Trinajstić information content (AvgIpc) is 3.27. The Bertz CT molecular complexity index is 1140. The Morgan fingerprint density at radius 1 is 1.09 bits per heavy atom. The molecule has 0 aliphatic carbocycles. The van der Waals surface area contributed by atoms with Crippen LogP contribution < -0.4 is 14.2 Å². The fourth-order valence-corrected chi connectivity index (χ4v) is 4.59. The molecule has 9 nitrogen and oxygen atoms in total. The molecule has 1 N–H and O–H groups in total. The quantitative estimate of drug-likeness (QED) is 0.307. The van der Waals surface area contributed by atoms with Crippen LogP contribution in [0.3, 0.4) is 0 Å². The molecule has 0 amide bonds. The van der Waals surface area contributed by atoms with Crippen LogP contribution in [0.5, 0.6) is 17.2 Å². The number of likely N-dealkylation sites (tertiary alicyclic amines) is 1. The number of ether oxygens (including phenoxy) is 3. The smallest absolute Gasteiger partial charge is 0.490 e. The van der Waals surface area contributed by atoms with E-state index < -0.39 is 6.16 Å². The van der Waals surface area contributed by atoms with Gasteiger partial charge in [-0.1, -0.05) is 25.1 Å². The van der Waals surface area contributed by atoms with Crippen LogP contribution in [0.4, 0.5) is 4.79 Å². The summed E-state index contributed by atoms with van der Waals surface area (Å²) in [4.78, 5) is 13.2. The Balaban J connectivity index is 1.38.